The Morgan fingerprint density at radius 1 is 1.17 bits per heavy atom. The monoisotopic (exact) mass is 337 g/mol. The van der Waals surface area contributed by atoms with Gasteiger partial charge >= 0.3 is 5.97 Å². The molecule has 2 aromatic rings. The Morgan fingerprint density at radius 3 is 2.48 bits per heavy atom. The van der Waals surface area contributed by atoms with Crippen molar-refractivity contribution in [3.63, 3.8) is 0 Å². The summed E-state index contributed by atoms with van der Waals surface area (Å²) < 4.78 is 18.4. The van der Waals surface area contributed by atoms with Gasteiger partial charge in [0.2, 0.25) is 0 Å². The van der Waals surface area contributed by atoms with Gasteiger partial charge in [0, 0.05) is 5.02 Å². The predicted molar refractivity (Wildman–Crippen MR) is 82.7 cm³/mol. The van der Waals surface area contributed by atoms with Crippen LogP contribution in [-0.4, -0.2) is 23.6 Å². The van der Waals surface area contributed by atoms with Gasteiger partial charge < -0.3 is 15.2 Å². The van der Waals surface area contributed by atoms with Crippen LogP contribution in [0.5, 0.6) is 0 Å². The van der Waals surface area contributed by atoms with Crippen molar-refractivity contribution in [3.8, 4) is 0 Å². The van der Waals surface area contributed by atoms with E-state index in [0.717, 1.165) is 6.07 Å². The summed E-state index contributed by atoms with van der Waals surface area (Å²) in [4.78, 5) is 23.4. The van der Waals surface area contributed by atoms with E-state index in [-0.39, 0.29) is 22.9 Å². The van der Waals surface area contributed by atoms with Crippen LogP contribution in [0.15, 0.2) is 42.5 Å². The van der Waals surface area contributed by atoms with Gasteiger partial charge in [0.25, 0.3) is 5.91 Å². The molecule has 2 rings (SSSR count). The second-order valence-electron chi connectivity index (χ2n) is 4.60. The minimum absolute atomic E-state index is 0.0530. The van der Waals surface area contributed by atoms with E-state index in [1.54, 1.807) is 12.1 Å². The van der Waals surface area contributed by atoms with Crippen molar-refractivity contribution >= 4 is 29.2 Å². The maximum Gasteiger partial charge on any atom is 0.338 e. The molecular weight excluding hydrogens is 325 g/mol. The van der Waals surface area contributed by atoms with Crippen LogP contribution >= 0.6 is 11.6 Å². The number of anilines is 1. The lowest BCUT2D eigenvalue weighted by molar-refractivity contribution is -0.119. The summed E-state index contributed by atoms with van der Waals surface area (Å²) in [7, 11) is 0. The number of benzene rings is 2. The van der Waals surface area contributed by atoms with Gasteiger partial charge in [0.15, 0.2) is 6.61 Å². The highest BCUT2D eigenvalue weighted by Gasteiger charge is 2.12. The van der Waals surface area contributed by atoms with Crippen molar-refractivity contribution in [1.82, 2.24) is 0 Å². The largest absolute Gasteiger partial charge is 0.452 e. The first-order chi connectivity index (χ1) is 11.0. The summed E-state index contributed by atoms with van der Waals surface area (Å²) in [6, 6.07) is 9.89. The molecule has 120 valence electrons. The average Bonchev–Trinajstić information content (AvgIpc) is 2.55. The lowest BCUT2D eigenvalue weighted by Gasteiger charge is -2.08. The molecule has 5 nitrogen and oxygen atoms in total. The number of hydrogen-bond donors (Lipinski definition) is 2. The molecular formula is C16H13ClFNO4. The summed E-state index contributed by atoms with van der Waals surface area (Å²) in [5.74, 6) is -2.05. The molecule has 0 fully saturated rings. The van der Waals surface area contributed by atoms with E-state index in [2.05, 4.69) is 5.32 Å². The topological polar surface area (TPSA) is 75.6 Å². The van der Waals surface area contributed by atoms with Crippen LogP contribution in [0.3, 0.4) is 0 Å². The fourth-order valence-electron chi connectivity index (χ4n) is 1.74. The zero-order chi connectivity index (χ0) is 16.8. The van der Waals surface area contributed by atoms with Crippen LogP contribution in [0.1, 0.15) is 15.9 Å². The number of hydrogen-bond acceptors (Lipinski definition) is 4. The SMILES string of the molecule is O=C(COC(=O)c1ccc(CO)cc1)Nc1ccc(Cl)cc1F. The molecule has 0 atom stereocenters. The molecule has 0 aliphatic heterocycles. The molecule has 0 saturated heterocycles. The Bertz CT molecular complexity index is 719. The zero-order valence-corrected chi connectivity index (χ0v) is 12.6. The first kappa shape index (κ1) is 16.9. The van der Waals surface area contributed by atoms with E-state index < -0.39 is 24.3 Å². The van der Waals surface area contributed by atoms with Gasteiger partial charge in [-0.3, -0.25) is 4.79 Å². The van der Waals surface area contributed by atoms with Gasteiger partial charge in [-0.2, -0.15) is 0 Å². The van der Waals surface area contributed by atoms with Crippen LogP contribution < -0.4 is 5.32 Å². The van der Waals surface area contributed by atoms with Gasteiger partial charge in [-0.15, -0.1) is 0 Å². The third-order valence-corrected chi connectivity index (χ3v) is 3.15. The van der Waals surface area contributed by atoms with Gasteiger partial charge in [-0.25, -0.2) is 9.18 Å². The minimum Gasteiger partial charge on any atom is -0.452 e. The highest BCUT2D eigenvalue weighted by atomic mass is 35.5. The summed E-state index contributed by atoms with van der Waals surface area (Å²) in [6.45, 7) is -0.687. The normalized spacial score (nSPS) is 10.2. The molecule has 0 aliphatic rings. The van der Waals surface area contributed by atoms with Crippen LogP contribution in [0.2, 0.25) is 5.02 Å². The van der Waals surface area contributed by atoms with Crippen molar-refractivity contribution in [2.75, 3.05) is 11.9 Å². The first-order valence-corrected chi connectivity index (χ1v) is 6.99. The molecule has 0 spiro atoms. The van der Waals surface area contributed by atoms with Gasteiger partial charge in [0.1, 0.15) is 5.82 Å². The van der Waals surface area contributed by atoms with E-state index in [4.69, 9.17) is 21.4 Å². The summed E-state index contributed by atoms with van der Waals surface area (Å²) in [5.41, 5.74) is 0.841. The zero-order valence-electron chi connectivity index (χ0n) is 11.9. The second kappa shape index (κ2) is 7.71. The smallest absolute Gasteiger partial charge is 0.338 e. The average molecular weight is 338 g/mol. The number of nitrogens with one attached hydrogen (secondary N) is 1. The third-order valence-electron chi connectivity index (χ3n) is 2.91. The Morgan fingerprint density at radius 2 is 1.87 bits per heavy atom. The number of rotatable bonds is 5. The number of aliphatic hydroxyl groups is 1. The van der Waals surface area contributed by atoms with Crippen LogP contribution in [-0.2, 0) is 16.1 Å². The highest BCUT2D eigenvalue weighted by Crippen LogP contribution is 2.18. The maximum atomic E-state index is 13.5. The van der Waals surface area contributed by atoms with Crippen molar-refractivity contribution < 1.29 is 23.8 Å². The Kier molecular flexibility index (Phi) is 5.67. The number of amides is 1. The Hall–Kier alpha value is -2.44. The number of carbonyl (C=O) groups excluding carboxylic acids is 2. The van der Waals surface area contributed by atoms with E-state index in [0.29, 0.717) is 5.56 Å². The standard InChI is InChI=1S/C16H13ClFNO4/c17-12-5-6-14(13(18)7-12)19-15(21)9-23-16(22)11-3-1-10(8-20)2-4-11/h1-7,20H,8-9H2,(H,19,21). The van der Waals surface area contributed by atoms with Crippen LogP contribution in [0.4, 0.5) is 10.1 Å². The van der Waals surface area contributed by atoms with Gasteiger partial charge in [-0.1, -0.05) is 23.7 Å². The summed E-state index contributed by atoms with van der Waals surface area (Å²) in [6.07, 6.45) is 0. The molecule has 1 amide bonds. The number of carbonyl (C=O) groups is 2. The lowest BCUT2D eigenvalue weighted by atomic mass is 10.1. The first-order valence-electron chi connectivity index (χ1n) is 6.61. The highest BCUT2D eigenvalue weighted by molar-refractivity contribution is 6.30. The van der Waals surface area contributed by atoms with Crippen molar-refractivity contribution in [2.45, 2.75) is 6.61 Å². The number of aliphatic hydroxyl groups excluding tert-OH is 1. The van der Waals surface area contributed by atoms with Crippen LogP contribution in [0.25, 0.3) is 0 Å². The molecule has 0 saturated carbocycles. The molecule has 0 aromatic heterocycles. The third kappa shape index (κ3) is 4.77. The molecule has 0 unspecified atom stereocenters. The van der Waals surface area contributed by atoms with Crippen molar-refractivity contribution in [2.24, 2.45) is 0 Å². The lowest BCUT2D eigenvalue weighted by Crippen LogP contribution is -2.21. The molecule has 0 bridgehead atoms. The number of esters is 1. The Balaban J connectivity index is 1.89. The maximum absolute atomic E-state index is 13.5. The van der Waals surface area contributed by atoms with Crippen molar-refractivity contribution in [3.05, 3.63) is 64.4 Å². The quantitative estimate of drug-likeness (QED) is 0.823. The number of halogens is 2. The Labute approximate surface area is 136 Å². The molecule has 2 aromatic carbocycles. The summed E-state index contributed by atoms with van der Waals surface area (Å²) >= 11 is 5.61. The molecule has 0 aliphatic carbocycles. The van der Waals surface area contributed by atoms with Crippen LogP contribution in [0, 0.1) is 5.82 Å². The van der Waals surface area contributed by atoms with Crippen molar-refractivity contribution in [1.29, 1.82) is 0 Å². The molecule has 23 heavy (non-hydrogen) atoms. The molecule has 0 radical (unpaired) electrons. The summed E-state index contributed by atoms with van der Waals surface area (Å²) in [5, 5.41) is 11.4. The predicted octanol–water partition coefficient (Wildman–Crippen LogP) is 2.77. The number of ether oxygens (including phenoxy) is 1. The minimum atomic E-state index is -0.693. The van der Waals surface area contributed by atoms with E-state index in [9.17, 15) is 14.0 Å². The van der Waals surface area contributed by atoms with E-state index in [1.807, 2.05) is 0 Å². The fraction of sp³-hybridized carbons (Fsp3) is 0.125. The van der Waals surface area contributed by atoms with Gasteiger partial charge in [-0.05, 0) is 35.9 Å². The van der Waals surface area contributed by atoms with E-state index in [1.165, 1.54) is 24.3 Å². The van der Waals surface area contributed by atoms with E-state index >= 15 is 0 Å². The molecule has 7 heteroatoms. The fourth-order valence-corrected chi connectivity index (χ4v) is 1.90. The molecule has 2 N–H and O–H groups in total. The van der Waals surface area contributed by atoms with Gasteiger partial charge in [0.05, 0.1) is 17.9 Å². The second-order valence-corrected chi connectivity index (χ2v) is 5.04. The molecule has 0 heterocycles.